The Morgan fingerprint density at radius 3 is 2.33 bits per heavy atom. The molecule has 0 aromatic heterocycles. The predicted octanol–water partition coefficient (Wildman–Crippen LogP) is -0.376. The Morgan fingerprint density at radius 2 is 1.75 bits per heavy atom. The van der Waals surface area contributed by atoms with E-state index in [0.717, 1.165) is 64.7 Å². The standard InChI is InChI=1S/C17H32N4O3/c1-14(17(23)19(2)3)18-16(22)13-20-6-4-15(5-7-20)12-21-8-10-24-11-9-21/h14-15H,4-13H2,1-3H3,(H,18,22). The Labute approximate surface area is 145 Å². The van der Waals surface area contributed by atoms with E-state index < -0.39 is 6.04 Å². The lowest BCUT2D eigenvalue weighted by molar-refractivity contribution is -0.134. The van der Waals surface area contributed by atoms with E-state index in [1.807, 2.05) is 0 Å². The molecule has 2 fully saturated rings. The zero-order valence-corrected chi connectivity index (χ0v) is 15.3. The molecule has 1 N–H and O–H groups in total. The van der Waals surface area contributed by atoms with E-state index in [0.29, 0.717) is 6.54 Å². The third-order valence-electron chi connectivity index (χ3n) is 4.88. The molecule has 0 bridgehead atoms. The van der Waals surface area contributed by atoms with Gasteiger partial charge in [0.2, 0.25) is 11.8 Å². The molecule has 0 aromatic rings. The number of nitrogens with zero attached hydrogens (tertiary/aromatic N) is 3. The van der Waals surface area contributed by atoms with Gasteiger partial charge in [-0.15, -0.1) is 0 Å². The van der Waals surface area contributed by atoms with Gasteiger partial charge in [0.15, 0.2) is 0 Å². The van der Waals surface area contributed by atoms with Gasteiger partial charge in [0, 0.05) is 33.7 Å². The number of likely N-dealkylation sites (N-methyl/N-ethyl adjacent to an activating group) is 1. The Balaban J connectivity index is 1.65. The fraction of sp³-hybridized carbons (Fsp3) is 0.882. The maximum atomic E-state index is 12.1. The van der Waals surface area contributed by atoms with Gasteiger partial charge in [-0.05, 0) is 38.8 Å². The first-order valence-electron chi connectivity index (χ1n) is 8.98. The highest BCUT2D eigenvalue weighted by Crippen LogP contribution is 2.18. The van der Waals surface area contributed by atoms with Crippen molar-refractivity contribution < 1.29 is 14.3 Å². The quantitative estimate of drug-likeness (QED) is 0.714. The normalized spacial score (nSPS) is 22.1. The van der Waals surface area contributed by atoms with Crippen LogP contribution >= 0.6 is 0 Å². The second-order valence-corrected chi connectivity index (χ2v) is 7.15. The number of piperidine rings is 1. The highest BCUT2D eigenvalue weighted by molar-refractivity contribution is 5.87. The molecule has 2 amide bonds. The first-order valence-corrected chi connectivity index (χ1v) is 8.98. The smallest absolute Gasteiger partial charge is 0.244 e. The molecule has 7 heteroatoms. The molecule has 0 aromatic carbocycles. The number of likely N-dealkylation sites (tertiary alicyclic amines) is 1. The molecular weight excluding hydrogens is 308 g/mol. The predicted molar refractivity (Wildman–Crippen MR) is 92.7 cm³/mol. The largest absolute Gasteiger partial charge is 0.379 e. The SMILES string of the molecule is CC(NC(=O)CN1CCC(CN2CCOCC2)CC1)C(=O)N(C)C. The van der Waals surface area contributed by atoms with Gasteiger partial charge in [-0.1, -0.05) is 0 Å². The van der Waals surface area contributed by atoms with E-state index in [9.17, 15) is 9.59 Å². The molecule has 0 saturated carbocycles. The molecule has 2 rings (SSSR count). The molecule has 138 valence electrons. The summed E-state index contributed by atoms with van der Waals surface area (Å²) in [5.41, 5.74) is 0. The van der Waals surface area contributed by atoms with Crippen molar-refractivity contribution in [2.24, 2.45) is 5.92 Å². The van der Waals surface area contributed by atoms with E-state index in [-0.39, 0.29) is 11.8 Å². The van der Waals surface area contributed by atoms with Gasteiger partial charge in [0.1, 0.15) is 6.04 Å². The lowest BCUT2D eigenvalue weighted by Crippen LogP contribution is -2.49. The molecule has 2 aliphatic heterocycles. The van der Waals surface area contributed by atoms with E-state index >= 15 is 0 Å². The van der Waals surface area contributed by atoms with Crippen LogP contribution in [-0.4, -0.2) is 99.1 Å². The third-order valence-corrected chi connectivity index (χ3v) is 4.88. The van der Waals surface area contributed by atoms with Gasteiger partial charge in [-0.25, -0.2) is 0 Å². The Kier molecular flexibility index (Phi) is 7.45. The highest BCUT2D eigenvalue weighted by atomic mass is 16.5. The molecule has 0 spiro atoms. The number of ether oxygens (including phenoxy) is 1. The van der Waals surface area contributed by atoms with Crippen LogP contribution in [0.25, 0.3) is 0 Å². The van der Waals surface area contributed by atoms with E-state index in [2.05, 4.69) is 15.1 Å². The molecule has 1 atom stereocenters. The molecule has 7 nitrogen and oxygen atoms in total. The number of morpholine rings is 1. The monoisotopic (exact) mass is 340 g/mol. The fourth-order valence-electron chi connectivity index (χ4n) is 3.42. The van der Waals surface area contributed by atoms with Crippen molar-refractivity contribution in [1.29, 1.82) is 0 Å². The number of nitrogens with one attached hydrogen (secondary N) is 1. The summed E-state index contributed by atoms with van der Waals surface area (Å²) in [6.07, 6.45) is 2.27. The number of carbonyl (C=O) groups is 2. The van der Waals surface area contributed by atoms with Gasteiger partial charge < -0.3 is 15.0 Å². The number of carbonyl (C=O) groups excluding carboxylic acids is 2. The Morgan fingerprint density at radius 1 is 1.12 bits per heavy atom. The molecule has 2 aliphatic rings. The average Bonchev–Trinajstić information content (AvgIpc) is 2.56. The topological polar surface area (TPSA) is 65.1 Å². The van der Waals surface area contributed by atoms with E-state index in [4.69, 9.17) is 4.74 Å². The van der Waals surface area contributed by atoms with Gasteiger partial charge >= 0.3 is 0 Å². The van der Waals surface area contributed by atoms with Crippen molar-refractivity contribution >= 4 is 11.8 Å². The van der Waals surface area contributed by atoms with Gasteiger partial charge in [-0.2, -0.15) is 0 Å². The van der Waals surface area contributed by atoms with Gasteiger partial charge in [0.05, 0.1) is 19.8 Å². The van der Waals surface area contributed by atoms with Crippen LogP contribution in [0, 0.1) is 5.92 Å². The van der Waals surface area contributed by atoms with Crippen LogP contribution in [0.15, 0.2) is 0 Å². The van der Waals surface area contributed by atoms with Crippen molar-refractivity contribution in [3.63, 3.8) is 0 Å². The summed E-state index contributed by atoms with van der Waals surface area (Å²) < 4.78 is 5.39. The number of hydrogen-bond donors (Lipinski definition) is 1. The molecular formula is C17H32N4O3. The van der Waals surface area contributed by atoms with Crippen molar-refractivity contribution in [2.75, 3.05) is 66.6 Å². The van der Waals surface area contributed by atoms with Crippen molar-refractivity contribution in [3.05, 3.63) is 0 Å². The summed E-state index contributed by atoms with van der Waals surface area (Å²) >= 11 is 0. The summed E-state index contributed by atoms with van der Waals surface area (Å²) in [5.74, 6) is 0.577. The first-order chi connectivity index (χ1) is 11.5. The average molecular weight is 340 g/mol. The minimum absolute atomic E-state index is 0.0654. The molecule has 1 unspecified atom stereocenters. The van der Waals surface area contributed by atoms with E-state index in [1.54, 1.807) is 21.0 Å². The molecule has 24 heavy (non-hydrogen) atoms. The van der Waals surface area contributed by atoms with Crippen molar-refractivity contribution in [1.82, 2.24) is 20.0 Å². The summed E-state index contributed by atoms with van der Waals surface area (Å²) in [4.78, 5) is 30.1. The molecule has 0 radical (unpaired) electrons. The fourth-order valence-corrected chi connectivity index (χ4v) is 3.42. The maximum Gasteiger partial charge on any atom is 0.244 e. The lowest BCUT2D eigenvalue weighted by Gasteiger charge is -2.35. The number of rotatable bonds is 6. The zero-order valence-electron chi connectivity index (χ0n) is 15.3. The van der Waals surface area contributed by atoms with Crippen LogP contribution in [0.2, 0.25) is 0 Å². The summed E-state index contributed by atoms with van der Waals surface area (Å²) in [6, 6.07) is -0.466. The van der Waals surface area contributed by atoms with Crippen LogP contribution < -0.4 is 5.32 Å². The van der Waals surface area contributed by atoms with Crippen LogP contribution in [-0.2, 0) is 14.3 Å². The summed E-state index contributed by atoms with van der Waals surface area (Å²) in [6.45, 7) is 8.96. The highest BCUT2D eigenvalue weighted by Gasteiger charge is 2.24. The maximum absolute atomic E-state index is 12.1. The second kappa shape index (κ2) is 9.34. The van der Waals surface area contributed by atoms with Crippen LogP contribution in [0.4, 0.5) is 0 Å². The Hall–Kier alpha value is -1.18. The van der Waals surface area contributed by atoms with Crippen LogP contribution in [0.3, 0.4) is 0 Å². The summed E-state index contributed by atoms with van der Waals surface area (Å²) in [7, 11) is 3.40. The van der Waals surface area contributed by atoms with Crippen molar-refractivity contribution in [3.8, 4) is 0 Å². The van der Waals surface area contributed by atoms with Crippen LogP contribution in [0.5, 0.6) is 0 Å². The third kappa shape index (κ3) is 6.03. The minimum atomic E-state index is -0.466. The molecule has 2 heterocycles. The lowest BCUT2D eigenvalue weighted by atomic mass is 9.96. The molecule has 0 aliphatic carbocycles. The van der Waals surface area contributed by atoms with Crippen LogP contribution in [0.1, 0.15) is 19.8 Å². The zero-order chi connectivity index (χ0) is 17.5. The van der Waals surface area contributed by atoms with E-state index in [1.165, 1.54) is 4.90 Å². The molecule has 2 saturated heterocycles. The summed E-state index contributed by atoms with van der Waals surface area (Å²) in [5, 5.41) is 2.79. The Bertz CT molecular complexity index is 416. The minimum Gasteiger partial charge on any atom is -0.379 e. The second-order valence-electron chi connectivity index (χ2n) is 7.15. The number of hydrogen-bond acceptors (Lipinski definition) is 5. The van der Waals surface area contributed by atoms with Crippen molar-refractivity contribution in [2.45, 2.75) is 25.8 Å². The van der Waals surface area contributed by atoms with Gasteiger partial charge in [0.25, 0.3) is 0 Å². The number of amides is 2. The van der Waals surface area contributed by atoms with Gasteiger partial charge in [-0.3, -0.25) is 19.4 Å². The first kappa shape index (κ1) is 19.1.